The van der Waals surface area contributed by atoms with Crippen molar-refractivity contribution in [1.82, 2.24) is 24.6 Å². The fourth-order valence-electron chi connectivity index (χ4n) is 3.24. The summed E-state index contributed by atoms with van der Waals surface area (Å²) < 4.78 is 1.72. The molecule has 1 aliphatic rings. The van der Waals surface area contributed by atoms with Crippen molar-refractivity contribution in [2.45, 2.75) is 38.8 Å². The van der Waals surface area contributed by atoms with Crippen molar-refractivity contribution in [3.05, 3.63) is 42.4 Å². The molecular formula is C19H26N6O2. The predicted octanol–water partition coefficient (Wildman–Crippen LogP) is 2.19. The van der Waals surface area contributed by atoms with E-state index in [4.69, 9.17) is 0 Å². The van der Waals surface area contributed by atoms with E-state index >= 15 is 0 Å². The van der Waals surface area contributed by atoms with Gasteiger partial charge in [0.25, 0.3) is 0 Å². The van der Waals surface area contributed by atoms with Crippen molar-refractivity contribution < 1.29 is 9.59 Å². The van der Waals surface area contributed by atoms with E-state index in [1.165, 1.54) is 0 Å². The minimum Gasteiger partial charge on any atom is -0.342 e. The van der Waals surface area contributed by atoms with Crippen LogP contribution >= 0.6 is 0 Å². The average molecular weight is 370 g/mol. The lowest BCUT2D eigenvalue weighted by molar-refractivity contribution is -0.138. The Bertz CT molecular complexity index is 776. The van der Waals surface area contributed by atoms with Gasteiger partial charge in [-0.25, -0.2) is 9.48 Å². The van der Waals surface area contributed by atoms with Gasteiger partial charge in [-0.05, 0) is 18.1 Å². The van der Waals surface area contributed by atoms with Crippen LogP contribution in [-0.4, -0.2) is 62.7 Å². The largest absolute Gasteiger partial charge is 0.342 e. The highest BCUT2D eigenvalue weighted by Crippen LogP contribution is 2.18. The molecule has 0 radical (unpaired) electrons. The zero-order valence-corrected chi connectivity index (χ0v) is 15.8. The first kappa shape index (κ1) is 18.9. The van der Waals surface area contributed by atoms with Gasteiger partial charge in [0.05, 0.1) is 12.7 Å². The smallest absolute Gasteiger partial charge is 0.323 e. The van der Waals surface area contributed by atoms with Crippen molar-refractivity contribution in [1.29, 1.82) is 0 Å². The number of hydrogen-bond acceptors (Lipinski definition) is 4. The normalized spacial score (nSPS) is 17.3. The number of pyridine rings is 1. The summed E-state index contributed by atoms with van der Waals surface area (Å²) in [5.74, 6) is 0.609. The SMILES string of the molecule is CCCCC1C(=O)N(C)CCN1C(=O)Nc1ccnn1Cc1cccnc1. The van der Waals surface area contributed by atoms with E-state index in [9.17, 15) is 9.59 Å². The lowest BCUT2D eigenvalue weighted by Gasteiger charge is -2.39. The molecule has 8 nitrogen and oxygen atoms in total. The number of nitrogens with zero attached hydrogens (tertiary/aromatic N) is 5. The molecular weight excluding hydrogens is 344 g/mol. The Labute approximate surface area is 159 Å². The Hall–Kier alpha value is -2.90. The molecule has 8 heteroatoms. The summed E-state index contributed by atoms with van der Waals surface area (Å²) in [7, 11) is 1.79. The number of hydrogen-bond donors (Lipinski definition) is 1. The van der Waals surface area contributed by atoms with Crippen LogP contribution in [0.15, 0.2) is 36.8 Å². The van der Waals surface area contributed by atoms with Crippen LogP contribution in [0.4, 0.5) is 10.6 Å². The second-order valence-corrected chi connectivity index (χ2v) is 6.78. The first-order valence-corrected chi connectivity index (χ1v) is 9.33. The van der Waals surface area contributed by atoms with Crippen LogP contribution in [0, 0.1) is 0 Å². The molecule has 2 aromatic heterocycles. The third kappa shape index (κ3) is 4.45. The summed E-state index contributed by atoms with van der Waals surface area (Å²) >= 11 is 0. The summed E-state index contributed by atoms with van der Waals surface area (Å²) in [4.78, 5) is 32.9. The Morgan fingerprint density at radius 3 is 2.89 bits per heavy atom. The molecule has 144 valence electrons. The van der Waals surface area contributed by atoms with Gasteiger partial charge in [0.2, 0.25) is 5.91 Å². The molecule has 0 bridgehead atoms. The maximum atomic E-state index is 12.9. The highest BCUT2D eigenvalue weighted by Gasteiger charge is 2.35. The first-order chi connectivity index (χ1) is 13.1. The van der Waals surface area contributed by atoms with Crippen LogP contribution in [-0.2, 0) is 11.3 Å². The number of piperazine rings is 1. The number of carbonyl (C=O) groups is 2. The minimum atomic E-state index is -0.404. The number of likely N-dealkylation sites (N-methyl/N-ethyl adjacent to an activating group) is 1. The number of rotatable bonds is 6. The summed E-state index contributed by atoms with van der Waals surface area (Å²) in [6.07, 6.45) is 7.72. The van der Waals surface area contributed by atoms with Gasteiger partial charge in [-0.15, -0.1) is 0 Å². The number of urea groups is 1. The van der Waals surface area contributed by atoms with Crippen molar-refractivity contribution >= 4 is 17.8 Å². The van der Waals surface area contributed by atoms with E-state index in [1.54, 1.807) is 46.2 Å². The Balaban J connectivity index is 1.71. The fourth-order valence-corrected chi connectivity index (χ4v) is 3.24. The van der Waals surface area contributed by atoms with Crippen LogP contribution < -0.4 is 5.32 Å². The van der Waals surface area contributed by atoms with Crippen LogP contribution in [0.1, 0.15) is 31.7 Å². The summed E-state index contributed by atoms with van der Waals surface area (Å²) in [6, 6.07) is 4.92. The van der Waals surface area contributed by atoms with Gasteiger partial charge in [0, 0.05) is 38.6 Å². The lowest BCUT2D eigenvalue weighted by Crippen LogP contribution is -2.58. The topological polar surface area (TPSA) is 83.4 Å². The molecule has 0 aliphatic carbocycles. The molecule has 3 amide bonds. The molecule has 3 rings (SSSR count). The number of amides is 3. The summed E-state index contributed by atoms with van der Waals surface area (Å²) in [6.45, 7) is 3.67. The second kappa shape index (κ2) is 8.66. The molecule has 0 aromatic carbocycles. The highest BCUT2D eigenvalue weighted by molar-refractivity contribution is 5.94. The van der Waals surface area contributed by atoms with Gasteiger partial charge < -0.3 is 9.80 Å². The number of nitrogens with one attached hydrogen (secondary N) is 1. The van der Waals surface area contributed by atoms with Crippen molar-refractivity contribution in [3.63, 3.8) is 0 Å². The van der Waals surface area contributed by atoms with Crippen LogP contribution in [0.3, 0.4) is 0 Å². The van der Waals surface area contributed by atoms with Gasteiger partial charge in [0.15, 0.2) is 0 Å². The third-order valence-corrected chi connectivity index (χ3v) is 4.81. The van der Waals surface area contributed by atoms with E-state index < -0.39 is 6.04 Å². The number of anilines is 1. The molecule has 1 unspecified atom stereocenters. The second-order valence-electron chi connectivity index (χ2n) is 6.78. The van der Waals surface area contributed by atoms with Gasteiger partial charge in [-0.1, -0.05) is 25.8 Å². The molecule has 3 heterocycles. The Kier molecular flexibility index (Phi) is 6.05. The standard InChI is InChI=1S/C19H26N6O2/c1-3-4-7-16-18(26)23(2)11-12-24(16)19(27)22-17-8-10-21-25(17)14-15-6-5-9-20-13-15/h5-6,8-10,13,16H,3-4,7,11-12,14H2,1-2H3,(H,22,27). The molecule has 2 aromatic rings. The molecule has 0 saturated carbocycles. The highest BCUT2D eigenvalue weighted by atomic mass is 16.2. The molecule has 1 aliphatic heterocycles. The van der Waals surface area contributed by atoms with E-state index in [0.717, 1.165) is 18.4 Å². The summed E-state index contributed by atoms with van der Waals surface area (Å²) in [5.41, 5.74) is 0.993. The molecule has 1 atom stereocenters. The average Bonchev–Trinajstić information content (AvgIpc) is 3.10. The van der Waals surface area contributed by atoms with Gasteiger partial charge in [-0.3, -0.25) is 15.1 Å². The molecule has 0 spiro atoms. The van der Waals surface area contributed by atoms with Crippen LogP contribution in [0.25, 0.3) is 0 Å². The maximum Gasteiger partial charge on any atom is 0.323 e. The van der Waals surface area contributed by atoms with E-state index in [-0.39, 0.29) is 11.9 Å². The van der Waals surface area contributed by atoms with Crippen LogP contribution in [0.5, 0.6) is 0 Å². The zero-order valence-electron chi connectivity index (χ0n) is 15.8. The van der Waals surface area contributed by atoms with Gasteiger partial charge in [-0.2, -0.15) is 5.10 Å². The van der Waals surface area contributed by atoms with Crippen molar-refractivity contribution in [3.8, 4) is 0 Å². The first-order valence-electron chi connectivity index (χ1n) is 9.33. The molecule has 27 heavy (non-hydrogen) atoms. The molecule has 1 saturated heterocycles. The van der Waals surface area contributed by atoms with E-state index in [1.807, 2.05) is 12.1 Å². The van der Waals surface area contributed by atoms with E-state index in [2.05, 4.69) is 22.3 Å². The van der Waals surface area contributed by atoms with Crippen LogP contribution in [0.2, 0.25) is 0 Å². The number of carbonyl (C=O) groups excluding carboxylic acids is 2. The van der Waals surface area contributed by atoms with Crippen molar-refractivity contribution in [2.75, 3.05) is 25.5 Å². The molecule has 1 fully saturated rings. The maximum absolute atomic E-state index is 12.9. The zero-order chi connectivity index (χ0) is 19.2. The van der Waals surface area contributed by atoms with Gasteiger partial charge >= 0.3 is 6.03 Å². The van der Waals surface area contributed by atoms with E-state index in [0.29, 0.717) is 31.9 Å². The Morgan fingerprint density at radius 1 is 1.30 bits per heavy atom. The van der Waals surface area contributed by atoms with Gasteiger partial charge in [0.1, 0.15) is 11.9 Å². The fraction of sp³-hybridized carbons (Fsp3) is 0.474. The monoisotopic (exact) mass is 370 g/mol. The quantitative estimate of drug-likeness (QED) is 0.845. The number of aromatic nitrogens is 3. The predicted molar refractivity (Wildman–Crippen MR) is 102 cm³/mol. The Morgan fingerprint density at radius 2 is 2.15 bits per heavy atom. The minimum absolute atomic E-state index is 0.00807. The van der Waals surface area contributed by atoms with Crippen molar-refractivity contribution in [2.24, 2.45) is 0 Å². The number of unbranched alkanes of at least 4 members (excludes halogenated alkanes) is 1. The third-order valence-electron chi connectivity index (χ3n) is 4.81. The lowest BCUT2D eigenvalue weighted by atomic mass is 10.0. The summed E-state index contributed by atoms with van der Waals surface area (Å²) in [5, 5.41) is 7.20. The molecule has 1 N–H and O–H groups in total.